The van der Waals surface area contributed by atoms with Gasteiger partial charge in [-0.1, -0.05) is 30.3 Å². The summed E-state index contributed by atoms with van der Waals surface area (Å²) in [5, 5.41) is 3.42. The molecule has 0 aliphatic carbocycles. The van der Waals surface area contributed by atoms with Gasteiger partial charge in [-0.25, -0.2) is 8.78 Å². The molecule has 3 rings (SSSR count). The van der Waals surface area contributed by atoms with E-state index < -0.39 is 5.82 Å². The van der Waals surface area contributed by atoms with Crippen molar-refractivity contribution in [3.8, 4) is 0 Å². The molecule has 2 aromatic rings. The average molecular weight is 345 g/mol. The van der Waals surface area contributed by atoms with Crippen LogP contribution in [0.1, 0.15) is 17.2 Å². The Kier molecular flexibility index (Phi) is 6.13. The molecule has 25 heavy (non-hydrogen) atoms. The van der Waals surface area contributed by atoms with E-state index in [0.29, 0.717) is 12.1 Å². The molecular formula is C20H25F2N3. The number of hydrogen-bond donors (Lipinski definition) is 1. The number of hydrogen-bond acceptors (Lipinski definition) is 3. The summed E-state index contributed by atoms with van der Waals surface area (Å²) in [6.07, 6.45) is 0. The molecule has 134 valence electrons. The molecule has 0 spiro atoms. The monoisotopic (exact) mass is 345 g/mol. The van der Waals surface area contributed by atoms with Crippen LogP contribution >= 0.6 is 0 Å². The summed E-state index contributed by atoms with van der Waals surface area (Å²) in [6.45, 7) is 5.32. The van der Waals surface area contributed by atoms with Crippen LogP contribution in [0, 0.1) is 11.6 Å². The molecule has 1 aliphatic heterocycles. The minimum Gasteiger partial charge on any atom is -0.305 e. The van der Waals surface area contributed by atoms with Crippen LogP contribution in [-0.2, 0) is 6.54 Å². The van der Waals surface area contributed by atoms with Crippen molar-refractivity contribution in [1.82, 2.24) is 15.1 Å². The average Bonchev–Trinajstić information content (AvgIpc) is 2.63. The van der Waals surface area contributed by atoms with Crippen LogP contribution in [0.5, 0.6) is 0 Å². The lowest BCUT2D eigenvalue weighted by molar-refractivity contribution is 0.141. The number of rotatable bonds is 6. The topological polar surface area (TPSA) is 18.5 Å². The fourth-order valence-corrected chi connectivity index (χ4v) is 3.17. The standard InChI is InChI=1S/C20H25F2N3/c1-24-9-11-25(12-10-24)15-20(16-5-3-2-4-6-16)23-14-17-13-18(21)7-8-19(17)22/h2-8,13,20,23H,9-12,14-15H2,1H3. The van der Waals surface area contributed by atoms with E-state index in [1.807, 2.05) is 18.2 Å². The molecule has 1 heterocycles. The summed E-state index contributed by atoms with van der Waals surface area (Å²) in [6, 6.07) is 13.8. The van der Waals surface area contributed by atoms with Gasteiger partial charge in [-0.15, -0.1) is 0 Å². The number of nitrogens with one attached hydrogen (secondary N) is 1. The minimum atomic E-state index is -0.409. The molecule has 5 heteroatoms. The molecule has 0 amide bonds. The number of piperazine rings is 1. The second-order valence-corrected chi connectivity index (χ2v) is 6.68. The zero-order valence-corrected chi connectivity index (χ0v) is 14.6. The van der Waals surface area contributed by atoms with Gasteiger partial charge in [0.2, 0.25) is 0 Å². The molecule has 3 nitrogen and oxygen atoms in total. The summed E-state index contributed by atoms with van der Waals surface area (Å²) in [5.74, 6) is -0.783. The van der Waals surface area contributed by atoms with E-state index in [-0.39, 0.29) is 11.9 Å². The predicted octanol–water partition coefficient (Wildman–Crippen LogP) is 3.04. The van der Waals surface area contributed by atoms with Crippen LogP contribution in [0.4, 0.5) is 8.78 Å². The molecule has 0 aromatic heterocycles. The Morgan fingerprint density at radius 2 is 1.72 bits per heavy atom. The van der Waals surface area contributed by atoms with E-state index in [1.165, 1.54) is 17.7 Å². The highest BCUT2D eigenvalue weighted by Crippen LogP contribution is 2.17. The SMILES string of the molecule is CN1CCN(CC(NCc2cc(F)ccc2F)c2ccccc2)CC1. The smallest absolute Gasteiger partial charge is 0.127 e. The highest BCUT2D eigenvalue weighted by Gasteiger charge is 2.19. The van der Waals surface area contributed by atoms with Gasteiger partial charge in [-0.2, -0.15) is 0 Å². The third-order valence-electron chi connectivity index (χ3n) is 4.79. The highest BCUT2D eigenvalue weighted by atomic mass is 19.1. The van der Waals surface area contributed by atoms with Crippen LogP contribution in [0.15, 0.2) is 48.5 Å². The Labute approximate surface area is 148 Å². The lowest BCUT2D eigenvalue weighted by atomic mass is 10.1. The molecule has 0 bridgehead atoms. The van der Waals surface area contributed by atoms with Crippen LogP contribution in [0.25, 0.3) is 0 Å². The maximum atomic E-state index is 13.9. The number of halogens is 2. The molecule has 1 aliphatic rings. The molecule has 2 aromatic carbocycles. The fraction of sp³-hybridized carbons (Fsp3) is 0.400. The van der Waals surface area contributed by atoms with E-state index in [0.717, 1.165) is 38.8 Å². The maximum absolute atomic E-state index is 13.9. The van der Waals surface area contributed by atoms with Crippen molar-refractivity contribution in [1.29, 1.82) is 0 Å². The first kappa shape index (κ1) is 18.0. The van der Waals surface area contributed by atoms with Gasteiger partial charge in [-0.05, 0) is 30.8 Å². The second-order valence-electron chi connectivity index (χ2n) is 6.68. The van der Waals surface area contributed by atoms with Crippen molar-refractivity contribution in [3.63, 3.8) is 0 Å². The molecule has 1 fully saturated rings. The van der Waals surface area contributed by atoms with Crippen molar-refractivity contribution in [2.75, 3.05) is 39.8 Å². The Hall–Kier alpha value is -1.82. The molecular weight excluding hydrogens is 320 g/mol. The Morgan fingerprint density at radius 3 is 2.44 bits per heavy atom. The van der Waals surface area contributed by atoms with Gasteiger partial charge in [0.15, 0.2) is 0 Å². The highest BCUT2D eigenvalue weighted by molar-refractivity contribution is 5.22. The zero-order valence-electron chi connectivity index (χ0n) is 14.6. The van der Waals surface area contributed by atoms with Crippen LogP contribution in [-0.4, -0.2) is 49.6 Å². The largest absolute Gasteiger partial charge is 0.305 e. The summed E-state index contributed by atoms with van der Waals surface area (Å²) in [4.78, 5) is 4.75. The second kappa shape index (κ2) is 8.52. The van der Waals surface area contributed by atoms with Crippen LogP contribution in [0.2, 0.25) is 0 Å². The molecule has 1 unspecified atom stereocenters. The van der Waals surface area contributed by atoms with Crippen LogP contribution < -0.4 is 5.32 Å². The molecule has 0 radical (unpaired) electrons. The van der Waals surface area contributed by atoms with E-state index in [2.05, 4.69) is 34.3 Å². The van der Waals surface area contributed by atoms with Crippen molar-refractivity contribution in [2.45, 2.75) is 12.6 Å². The van der Waals surface area contributed by atoms with Gasteiger partial charge in [0.1, 0.15) is 11.6 Å². The number of benzene rings is 2. The van der Waals surface area contributed by atoms with Crippen molar-refractivity contribution < 1.29 is 8.78 Å². The summed E-state index contributed by atoms with van der Waals surface area (Å²) >= 11 is 0. The van der Waals surface area contributed by atoms with Gasteiger partial charge < -0.3 is 10.2 Å². The van der Waals surface area contributed by atoms with E-state index in [9.17, 15) is 8.78 Å². The van der Waals surface area contributed by atoms with Crippen LogP contribution in [0.3, 0.4) is 0 Å². The minimum absolute atomic E-state index is 0.0762. The van der Waals surface area contributed by atoms with Gasteiger partial charge >= 0.3 is 0 Å². The van der Waals surface area contributed by atoms with Gasteiger partial charge in [0, 0.05) is 50.9 Å². The van der Waals surface area contributed by atoms with E-state index in [4.69, 9.17) is 0 Å². The summed E-state index contributed by atoms with van der Waals surface area (Å²) in [7, 11) is 2.14. The molecule has 1 N–H and O–H groups in total. The first-order valence-corrected chi connectivity index (χ1v) is 8.75. The van der Waals surface area contributed by atoms with Crippen molar-refractivity contribution in [2.24, 2.45) is 0 Å². The van der Waals surface area contributed by atoms with E-state index >= 15 is 0 Å². The van der Waals surface area contributed by atoms with Gasteiger partial charge in [0.05, 0.1) is 0 Å². The van der Waals surface area contributed by atoms with Gasteiger partial charge in [-0.3, -0.25) is 4.90 Å². The molecule has 1 atom stereocenters. The normalized spacial score (nSPS) is 17.6. The first-order chi connectivity index (χ1) is 12.1. The first-order valence-electron chi connectivity index (χ1n) is 8.75. The summed E-state index contributed by atoms with van der Waals surface area (Å²) < 4.78 is 27.3. The summed E-state index contributed by atoms with van der Waals surface area (Å²) in [5.41, 5.74) is 1.53. The Balaban J connectivity index is 1.69. The lowest BCUT2D eigenvalue weighted by Crippen LogP contribution is -2.47. The zero-order chi connectivity index (χ0) is 17.6. The lowest BCUT2D eigenvalue weighted by Gasteiger charge is -2.35. The Morgan fingerprint density at radius 1 is 1.00 bits per heavy atom. The third-order valence-corrected chi connectivity index (χ3v) is 4.79. The van der Waals surface area contributed by atoms with Gasteiger partial charge in [0.25, 0.3) is 0 Å². The van der Waals surface area contributed by atoms with E-state index in [1.54, 1.807) is 0 Å². The molecule has 1 saturated heterocycles. The van der Waals surface area contributed by atoms with Crippen molar-refractivity contribution >= 4 is 0 Å². The third kappa shape index (κ3) is 5.08. The number of likely N-dealkylation sites (N-methyl/N-ethyl adjacent to an activating group) is 1. The quantitative estimate of drug-likeness (QED) is 0.868. The number of nitrogens with zero attached hydrogens (tertiary/aromatic N) is 2. The maximum Gasteiger partial charge on any atom is 0.127 e. The molecule has 0 saturated carbocycles. The van der Waals surface area contributed by atoms with Crippen molar-refractivity contribution in [3.05, 3.63) is 71.3 Å². The Bertz CT molecular complexity index is 670. The fourth-order valence-electron chi connectivity index (χ4n) is 3.17. The predicted molar refractivity (Wildman–Crippen MR) is 96.3 cm³/mol.